The van der Waals surface area contributed by atoms with Crippen LogP contribution in [0.5, 0.6) is 0 Å². The van der Waals surface area contributed by atoms with Crippen LogP contribution in [-0.4, -0.2) is 11.6 Å². The fourth-order valence-electron chi connectivity index (χ4n) is 1.59. The van der Waals surface area contributed by atoms with Gasteiger partial charge in [-0.05, 0) is 24.8 Å². The van der Waals surface area contributed by atoms with Crippen molar-refractivity contribution in [3.63, 3.8) is 0 Å². The molecule has 0 aliphatic heterocycles. The average molecular weight is 269 g/mol. The maximum absolute atomic E-state index is 13.7. The van der Waals surface area contributed by atoms with Crippen molar-refractivity contribution in [1.82, 2.24) is 0 Å². The van der Waals surface area contributed by atoms with Gasteiger partial charge in [0.25, 0.3) is 0 Å². The number of hydrogen-bond acceptors (Lipinski definition) is 2. The highest BCUT2D eigenvalue weighted by molar-refractivity contribution is 7.80. The number of benzene rings is 1. The van der Waals surface area contributed by atoms with Crippen LogP contribution in [-0.2, 0) is 11.3 Å². The summed E-state index contributed by atoms with van der Waals surface area (Å²) in [5.41, 5.74) is 6.52. The van der Waals surface area contributed by atoms with Gasteiger partial charge in [-0.15, -0.1) is 0 Å². The Hall–Kier alpha value is -1.00. The summed E-state index contributed by atoms with van der Waals surface area (Å²) in [5.74, 6) is 0.361. The molecule has 0 aromatic heterocycles. The molecule has 1 aromatic rings. The van der Waals surface area contributed by atoms with Gasteiger partial charge in [-0.25, -0.2) is 4.39 Å². The minimum absolute atomic E-state index is 0.207. The first kappa shape index (κ1) is 15.1. The summed E-state index contributed by atoms with van der Waals surface area (Å²) in [4.78, 5) is 0.207. The van der Waals surface area contributed by atoms with Crippen molar-refractivity contribution >= 4 is 17.2 Å². The lowest BCUT2D eigenvalue weighted by atomic mass is 10.1. The van der Waals surface area contributed by atoms with Gasteiger partial charge in [0, 0.05) is 17.7 Å². The molecule has 1 rings (SSSR count). The van der Waals surface area contributed by atoms with E-state index in [1.54, 1.807) is 12.1 Å². The predicted octanol–water partition coefficient (Wildman–Crippen LogP) is 3.41. The normalized spacial score (nSPS) is 10.9. The van der Waals surface area contributed by atoms with Crippen molar-refractivity contribution in [2.75, 3.05) is 6.61 Å². The van der Waals surface area contributed by atoms with Crippen molar-refractivity contribution < 1.29 is 9.13 Å². The van der Waals surface area contributed by atoms with Gasteiger partial charge < -0.3 is 10.5 Å². The molecule has 0 atom stereocenters. The Balaban J connectivity index is 2.41. The molecule has 1 aromatic carbocycles. The summed E-state index contributed by atoms with van der Waals surface area (Å²) in [6.07, 6.45) is 2.13. The molecular formula is C14H20FNOS. The number of halogens is 1. The number of nitrogens with two attached hydrogens (primary N) is 1. The minimum Gasteiger partial charge on any atom is -0.389 e. The summed E-state index contributed by atoms with van der Waals surface area (Å²) >= 11 is 4.79. The van der Waals surface area contributed by atoms with E-state index in [1.807, 2.05) is 0 Å². The van der Waals surface area contributed by atoms with E-state index in [2.05, 4.69) is 13.8 Å². The van der Waals surface area contributed by atoms with Crippen molar-refractivity contribution in [3.8, 4) is 0 Å². The molecule has 0 fully saturated rings. The SMILES string of the molecule is CC(C)CCCOCc1ccc(C(N)=S)cc1F. The monoisotopic (exact) mass is 269 g/mol. The molecule has 0 radical (unpaired) electrons. The molecule has 0 aliphatic carbocycles. The van der Waals surface area contributed by atoms with Crippen LogP contribution in [0.1, 0.15) is 37.8 Å². The summed E-state index contributed by atoms with van der Waals surface area (Å²) in [7, 11) is 0. The van der Waals surface area contributed by atoms with Gasteiger partial charge in [0.15, 0.2) is 0 Å². The Bertz CT molecular complexity index is 407. The first-order valence-corrected chi connectivity index (χ1v) is 6.57. The third-order valence-electron chi connectivity index (χ3n) is 2.67. The number of ether oxygens (including phenoxy) is 1. The number of thiocarbonyl (C=S) groups is 1. The molecular weight excluding hydrogens is 249 g/mol. The average Bonchev–Trinajstić information content (AvgIpc) is 2.29. The maximum Gasteiger partial charge on any atom is 0.129 e. The van der Waals surface area contributed by atoms with Gasteiger partial charge in [0.05, 0.1) is 6.61 Å². The van der Waals surface area contributed by atoms with Gasteiger partial charge in [-0.3, -0.25) is 0 Å². The molecule has 0 unspecified atom stereocenters. The van der Waals surface area contributed by atoms with E-state index < -0.39 is 0 Å². The van der Waals surface area contributed by atoms with E-state index >= 15 is 0 Å². The van der Waals surface area contributed by atoms with E-state index in [-0.39, 0.29) is 10.8 Å². The van der Waals surface area contributed by atoms with Crippen LogP contribution >= 0.6 is 12.2 Å². The molecule has 0 saturated heterocycles. The largest absolute Gasteiger partial charge is 0.389 e. The molecule has 0 saturated carbocycles. The van der Waals surface area contributed by atoms with Gasteiger partial charge in [-0.1, -0.05) is 38.2 Å². The van der Waals surface area contributed by atoms with Gasteiger partial charge >= 0.3 is 0 Å². The Morgan fingerprint density at radius 3 is 2.72 bits per heavy atom. The molecule has 18 heavy (non-hydrogen) atoms. The molecule has 0 spiro atoms. The summed E-state index contributed by atoms with van der Waals surface area (Å²) < 4.78 is 19.1. The minimum atomic E-state index is -0.316. The summed E-state index contributed by atoms with van der Waals surface area (Å²) in [6, 6.07) is 4.75. The first-order valence-electron chi connectivity index (χ1n) is 6.16. The maximum atomic E-state index is 13.7. The number of hydrogen-bond donors (Lipinski definition) is 1. The highest BCUT2D eigenvalue weighted by Gasteiger charge is 2.05. The molecule has 100 valence electrons. The Kier molecular flexibility index (Phi) is 6.22. The third-order valence-corrected chi connectivity index (χ3v) is 2.90. The molecule has 2 nitrogen and oxygen atoms in total. The van der Waals surface area contributed by atoms with Gasteiger partial charge in [-0.2, -0.15) is 0 Å². The Morgan fingerprint density at radius 2 is 2.17 bits per heavy atom. The second-order valence-corrected chi connectivity index (χ2v) is 5.20. The fraction of sp³-hybridized carbons (Fsp3) is 0.500. The molecule has 0 bridgehead atoms. The van der Waals surface area contributed by atoms with Gasteiger partial charge in [0.2, 0.25) is 0 Å². The van der Waals surface area contributed by atoms with Crippen molar-refractivity contribution in [2.24, 2.45) is 11.7 Å². The zero-order chi connectivity index (χ0) is 13.5. The standard InChI is InChI=1S/C14H20FNOS/c1-10(2)4-3-7-17-9-12-6-5-11(14(16)18)8-13(12)15/h5-6,8,10H,3-4,7,9H2,1-2H3,(H2,16,18). The number of rotatable bonds is 7. The van der Waals surface area contributed by atoms with Crippen LogP contribution in [0, 0.1) is 11.7 Å². The van der Waals surface area contributed by atoms with Crippen molar-refractivity contribution in [3.05, 3.63) is 35.1 Å². The van der Waals surface area contributed by atoms with Crippen LogP contribution in [0.4, 0.5) is 4.39 Å². The van der Waals surface area contributed by atoms with Crippen LogP contribution in [0.25, 0.3) is 0 Å². The van der Waals surface area contributed by atoms with Crippen LogP contribution < -0.4 is 5.73 Å². The first-order chi connectivity index (χ1) is 8.50. The molecule has 0 amide bonds. The lowest BCUT2D eigenvalue weighted by Gasteiger charge is -2.08. The van der Waals surface area contributed by atoms with E-state index in [0.29, 0.717) is 30.3 Å². The quantitative estimate of drug-likeness (QED) is 0.608. The Labute approximate surface area is 113 Å². The van der Waals surface area contributed by atoms with E-state index in [1.165, 1.54) is 6.07 Å². The molecule has 4 heteroatoms. The lowest BCUT2D eigenvalue weighted by molar-refractivity contribution is 0.112. The van der Waals surface area contributed by atoms with E-state index in [0.717, 1.165) is 12.8 Å². The van der Waals surface area contributed by atoms with E-state index in [9.17, 15) is 4.39 Å². The second-order valence-electron chi connectivity index (χ2n) is 4.76. The predicted molar refractivity (Wildman–Crippen MR) is 76.0 cm³/mol. The fourth-order valence-corrected chi connectivity index (χ4v) is 1.72. The molecule has 0 aliphatic rings. The van der Waals surface area contributed by atoms with Crippen LogP contribution in [0.15, 0.2) is 18.2 Å². The van der Waals surface area contributed by atoms with E-state index in [4.69, 9.17) is 22.7 Å². The van der Waals surface area contributed by atoms with Crippen LogP contribution in [0.3, 0.4) is 0 Å². The highest BCUT2D eigenvalue weighted by atomic mass is 32.1. The second kappa shape index (κ2) is 7.44. The highest BCUT2D eigenvalue weighted by Crippen LogP contribution is 2.12. The van der Waals surface area contributed by atoms with Crippen LogP contribution in [0.2, 0.25) is 0 Å². The zero-order valence-corrected chi connectivity index (χ0v) is 11.7. The van der Waals surface area contributed by atoms with Gasteiger partial charge in [0.1, 0.15) is 10.8 Å². The topological polar surface area (TPSA) is 35.2 Å². The van der Waals surface area contributed by atoms with Crippen molar-refractivity contribution in [2.45, 2.75) is 33.3 Å². The van der Waals surface area contributed by atoms with Crippen molar-refractivity contribution in [1.29, 1.82) is 0 Å². The summed E-state index contributed by atoms with van der Waals surface area (Å²) in [5, 5.41) is 0. The zero-order valence-electron chi connectivity index (χ0n) is 10.9. The lowest BCUT2D eigenvalue weighted by Crippen LogP contribution is -2.10. The summed E-state index contributed by atoms with van der Waals surface area (Å²) in [6.45, 7) is 5.30. The molecule has 2 N–H and O–H groups in total. The third kappa shape index (κ3) is 5.10. The molecule has 0 heterocycles. The smallest absolute Gasteiger partial charge is 0.129 e. The Morgan fingerprint density at radius 1 is 1.44 bits per heavy atom.